The maximum Gasteiger partial charge on any atom is 0.431 e. The van der Waals surface area contributed by atoms with Gasteiger partial charge in [0.2, 0.25) is 0 Å². The normalized spacial score (nSPS) is 25.2. The molecule has 1 heterocycles. The molecular weight excluding hydrogens is 357 g/mol. The van der Waals surface area contributed by atoms with Crippen molar-refractivity contribution < 1.29 is 23.1 Å². The van der Waals surface area contributed by atoms with Gasteiger partial charge in [-0.25, -0.2) is 0 Å². The third-order valence-electron chi connectivity index (χ3n) is 4.90. The molecule has 8 heteroatoms. The van der Waals surface area contributed by atoms with E-state index in [-0.39, 0.29) is 10.6 Å². The Morgan fingerprint density at radius 1 is 1.24 bits per heavy atom. The van der Waals surface area contributed by atoms with Crippen LogP contribution in [0, 0.1) is 5.92 Å². The molecule has 0 aromatic heterocycles. The van der Waals surface area contributed by atoms with Crippen LogP contribution in [-0.4, -0.2) is 33.6 Å². The van der Waals surface area contributed by atoms with E-state index in [9.17, 15) is 23.1 Å². The SMILES string of the molecule is O=C(c1ccccc1Cl)N1N=C(C(F)(F)F)C[C@]1(O)C1CCCCC1. The average molecular weight is 375 g/mol. The van der Waals surface area contributed by atoms with Crippen LogP contribution in [0.2, 0.25) is 5.02 Å². The molecule has 0 radical (unpaired) electrons. The molecule has 1 saturated carbocycles. The van der Waals surface area contributed by atoms with E-state index in [1.165, 1.54) is 12.1 Å². The third kappa shape index (κ3) is 3.40. The number of hydrogen-bond donors (Lipinski definition) is 1. The minimum absolute atomic E-state index is 0.0191. The summed E-state index contributed by atoms with van der Waals surface area (Å²) >= 11 is 6.00. The first-order chi connectivity index (χ1) is 11.7. The van der Waals surface area contributed by atoms with E-state index in [1.807, 2.05) is 0 Å². The summed E-state index contributed by atoms with van der Waals surface area (Å²) in [7, 11) is 0. The number of halogens is 4. The Bertz CT molecular complexity index is 701. The number of aliphatic hydroxyl groups is 1. The van der Waals surface area contributed by atoms with Crippen molar-refractivity contribution >= 4 is 23.2 Å². The van der Waals surface area contributed by atoms with Crippen LogP contribution in [0.1, 0.15) is 48.9 Å². The molecule has 3 rings (SSSR count). The Hall–Kier alpha value is -1.60. The quantitative estimate of drug-likeness (QED) is 0.835. The lowest BCUT2D eigenvalue weighted by atomic mass is 9.79. The van der Waals surface area contributed by atoms with E-state index in [1.54, 1.807) is 12.1 Å². The molecule has 1 aromatic rings. The molecule has 4 nitrogen and oxygen atoms in total. The summed E-state index contributed by atoms with van der Waals surface area (Å²) in [5, 5.41) is 15.3. The predicted octanol–water partition coefficient (Wildman–Crippen LogP) is 4.37. The van der Waals surface area contributed by atoms with Crippen molar-refractivity contribution in [3.8, 4) is 0 Å². The smallest absolute Gasteiger partial charge is 0.368 e. The van der Waals surface area contributed by atoms with Gasteiger partial charge in [0.05, 0.1) is 10.6 Å². The van der Waals surface area contributed by atoms with E-state index in [2.05, 4.69) is 5.10 Å². The lowest BCUT2D eigenvalue weighted by molar-refractivity contribution is -0.123. The van der Waals surface area contributed by atoms with Gasteiger partial charge in [-0.15, -0.1) is 0 Å². The van der Waals surface area contributed by atoms with Crippen molar-refractivity contribution in [2.24, 2.45) is 11.0 Å². The van der Waals surface area contributed by atoms with Crippen LogP contribution in [0.3, 0.4) is 0 Å². The molecule has 1 atom stereocenters. The molecule has 25 heavy (non-hydrogen) atoms. The second-order valence-electron chi connectivity index (χ2n) is 6.53. The van der Waals surface area contributed by atoms with Crippen molar-refractivity contribution in [2.75, 3.05) is 0 Å². The number of rotatable bonds is 2. The molecular formula is C17H18ClF3N2O2. The van der Waals surface area contributed by atoms with Crippen molar-refractivity contribution in [3.05, 3.63) is 34.9 Å². The van der Waals surface area contributed by atoms with Crippen molar-refractivity contribution in [2.45, 2.75) is 50.4 Å². The Morgan fingerprint density at radius 2 is 1.88 bits per heavy atom. The molecule has 1 fully saturated rings. The van der Waals surface area contributed by atoms with E-state index < -0.39 is 35.9 Å². The summed E-state index contributed by atoms with van der Waals surface area (Å²) in [6, 6.07) is 6.05. The molecule has 0 saturated heterocycles. The highest BCUT2D eigenvalue weighted by Gasteiger charge is 2.55. The third-order valence-corrected chi connectivity index (χ3v) is 5.23. The number of hydrazone groups is 1. The minimum atomic E-state index is -4.70. The molecule has 1 amide bonds. The van der Waals surface area contributed by atoms with Crippen LogP contribution >= 0.6 is 11.6 Å². The lowest BCUT2D eigenvalue weighted by Crippen LogP contribution is -2.52. The van der Waals surface area contributed by atoms with Gasteiger partial charge in [0.1, 0.15) is 5.71 Å². The second-order valence-corrected chi connectivity index (χ2v) is 6.94. The van der Waals surface area contributed by atoms with Crippen LogP contribution < -0.4 is 0 Å². The van der Waals surface area contributed by atoms with Gasteiger partial charge in [0, 0.05) is 12.3 Å². The molecule has 1 N–H and O–H groups in total. The van der Waals surface area contributed by atoms with Crippen LogP contribution in [0.15, 0.2) is 29.4 Å². The van der Waals surface area contributed by atoms with Crippen LogP contribution in [-0.2, 0) is 0 Å². The zero-order valence-corrected chi connectivity index (χ0v) is 14.1. The number of carbonyl (C=O) groups excluding carboxylic acids is 1. The molecule has 0 spiro atoms. The van der Waals surface area contributed by atoms with Crippen molar-refractivity contribution in [1.82, 2.24) is 5.01 Å². The standard InChI is InChI=1S/C17H18ClF3N2O2/c18-13-9-5-4-8-12(13)15(24)23-16(25,11-6-2-1-3-7-11)10-14(22-23)17(19,20)21/h4-5,8-9,11,25H,1-3,6-7,10H2/t16-/m0/s1. The first-order valence-electron chi connectivity index (χ1n) is 8.19. The van der Waals surface area contributed by atoms with Crippen molar-refractivity contribution in [1.29, 1.82) is 0 Å². The number of benzene rings is 1. The number of carbonyl (C=O) groups is 1. The summed E-state index contributed by atoms with van der Waals surface area (Å²) in [4.78, 5) is 12.8. The Morgan fingerprint density at radius 3 is 2.48 bits per heavy atom. The monoisotopic (exact) mass is 374 g/mol. The zero-order valence-electron chi connectivity index (χ0n) is 13.4. The Labute approximate surface area is 148 Å². The van der Waals surface area contributed by atoms with E-state index in [0.29, 0.717) is 17.9 Å². The average Bonchev–Trinajstić information content (AvgIpc) is 2.95. The summed E-state index contributed by atoms with van der Waals surface area (Å²) in [6.07, 6.45) is -1.70. The first-order valence-corrected chi connectivity index (χ1v) is 8.57. The Kier molecular flexibility index (Phi) is 4.81. The van der Waals surface area contributed by atoms with Gasteiger partial charge in [-0.05, 0) is 25.0 Å². The predicted molar refractivity (Wildman–Crippen MR) is 87.3 cm³/mol. The number of hydrogen-bond acceptors (Lipinski definition) is 3. The van der Waals surface area contributed by atoms with Gasteiger partial charge in [-0.1, -0.05) is 43.0 Å². The molecule has 0 bridgehead atoms. The van der Waals surface area contributed by atoms with Crippen LogP contribution in [0.5, 0.6) is 0 Å². The highest BCUT2D eigenvalue weighted by molar-refractivity contribution is 6.33. The maximum atomic E-state index is 13.2. The highest BCUT2D eigenvalue weighted by Crippen LogP contribution is 2.43. The molecule has 1 aromatic carbocycles. The zero-order chi connectivity index (χ0) is 18.2. The minimum Gasteiger partial charge on any atom is -0.368 e. The second kappa shape index (κ2) is 6.61. The largest absolute Gasteiger partial charge is 0.431 e. The summed E-state index contributed by atoms with van der Waals surface area (Å²) in [6.45, 7) is 0. The van der Waals surface area contributed by atoms with E-state index >= 15 is 0 Å². The molecule has 1 aliphatic heterocycles. The fourth-order valence-corrected chi connectivity index (χ4v) is 3.79. The molecule has 136 valence electrons. The number of amides is 1. The molecule has 2 aliphatic rings. The summed E-state index contributed by atoms with van der Waals surface area (Å²) in [5.41, 5.74) is -3.09. The van der Waals surface area contributed by atoms with Gasteiger partial charge in [-0.2, -0.15) is 23.3 Å². The fourth-order valence-electron chi connectivity index (χ4n) is 3.57. The fraction of sp³-hybridized carbons (Fsp3) is 0.529. The van der Waals surface area contributed by atoms with E-state index in [4.69, 9.17) is 11.6 Å². The summed E-state index contributed by atoms with van der Waals surface area (Å²) < 4.78 is 39.6. The Balaban J connectivity index is 2.00. The lowest BCUT2D eigenvalue weighted by Gasteiger charge is -2.40. The molecule has 0 unspecified atom stereocenters. The first kappa shape index (κ1) is 18.2. The van der Waals surface area contributed by atoms with Crippen molar-refractivity contribution in [3.63, 3.8) is 0 Å². The van der Waals surface area contributed by atoms with E-state index in [0.717, 1.165) is 19.3 Å². The maximum absolute atomic E-state index is 13.2. The van der Waals surface area contributed by atoms with Gasteiger partial charge >= 0.3 is 6.18 Å². The van der Waals surface area contributed by atoms with Crippen LogP contribution in [0.25, 0.3) is 0 Å². The van der Waals surface area contributed by atoms with Gasteiger partial charge < -0.3 is 5.11 Å². The highest BCUT2D eigenvalue weighted by atomic mass is 35.5. The number of nitrogens with zero attached hydrogens (tertiary/aromatic N) is 2. The van der Waals surface area contributed by atoms with Gasteiger partial charge in [-0.3, -0.25) is 4.79 Å². The molecule has 1 aliphatic carbocycles. The topological polar surface area (TPSA) is 52.9 Å². The van der Waals surface area contributed by atoms with Gasteiger partial charge in [0.15, 0.2) is 5.72 Å². The number of alkyl halides is 3. The summed E-state index contributed by atoms with van der Waals surface area (Å²) in [5.74, 6) is -1.27. The van der Waals surface area contributed by atoms with Crippen LogP contribution in [0.4, 0.5) is 13.2 Å². The van der Waals surface area contributed by atoms with Gasteiger partial charge in [0.25, 0.3) is 5.91 Å².